The van der Waals surface area contributed by atoms with Gasteiger partial charge in [-0.2, -0.15) is 4.52 Å². The molecule has 3 aromatic rings. The zero-order valence-corrected chi connectivity index (χ0v) is 15.7. The van der Waals surface area contributed by atoms with Gasteiger partial charge in [-0.3, -0.25) is 4.90 Å². The zero-order chi connectivity index (χ0) is 19.3. The molecule has 6 nitrogen and oxygen atoms in total. The molecule has 8 heteroatoms. The fraction of sp³-hybridized carbons (Fsp3) is 0.450. The average molecular weight is 384 g/mol. The van der Waals surface area contributed by atoms with Crippen LogP contribution in [-0.4, -0.2) is 50.9 Å². The summed E-state index contributed by atoms with van der Waals surface area (Å²) < 4.78 is 29.2. The number of piperazine rings is 1. The quantitative estimate of drug-likeness (QED) is 0.692. The zero-order valence-electron chi connectivity index (χ0n) is 15.7. The molecule has 2 fully saturated rings. The lowest BCUT2D eigenvalue weighted by molar-refractivity contribution is 0.194. The Labute approximate surface area is 161 Å². The molecular weight excluding hydrogens is 362 g/mol. The van der Waals surface area contributed by atoms with Gasteiger partial charge in [0.1, 0.15) is 17.5 Å². The van der Waals surface area contributed by atoms with Crippen molar-refractivity contribution in [1.29, 1.82) is 0 Å². The molecule has 1 saturated carbocycles. The first-order valence-electron chi connectivity index (χ1n) is 9.76. The van der Waals surface area contributed by atoms with Crippen molar-refractivity contribution in [2.75, 3.05) is 31.1 Å². The normalized spacial score (nSPS) is 19.3. The van der Waals surface area contributed by atoms with Crippen LogP contribution in [0.2, 0.25) is 0 Å². The molecule has 2 aliphatic rings. The highest BCUT2D eigenvalue weighted by Gasteiger charge is 2.30. The summed E-state index contributed by atoms with van der Waals surface area (Å²) in [6, 6.07) is 7.67. The van der Waals surface area contributed by atoms with E-state index in [4.69, 9.17) is 5.10 Å². The maximum Gasteiger partial charge on any atom is 0.178 e. The molecule has 1 aliphatic heterocycles. The summed E-state index contributed by atoms with van der Waals surface area (Å²) in [5.74, 6) is 1.33. The number of hydrogen-bond donors (Lipinski definition) is 0. The molecule has 1 aromatic carbocycles. The van der Waals surface area contributed by atoms with Crippen LogP contribution in [0.1, 0.15) is 43.1 Å². The smallest absolute Gasteiger partial charge is 0.178 e. The van der Waals surface area contributed by atoms with E-state index in [0.29, 0.717) is 11.5 Å². The Balaban J connectivity index is 1.30. The highest BCUT2D eigenvalue weighted by Crippen LogP contribution is 2.38. The summed E-state index contributed by atoms with van der Waals surface area (Å²) in [7, 11) is 0. The average Bonchev–Trinajstić information content (AvgIpc) is 3.46. The topological polar surface area (TPSA) is 49.6 Å². The van der Waals surface area contributed by atoms with E-state index in [2.05, 4.69) is 20.0 Å². The Morgan fingerprint density at radius 1 is 1.00 bits per heavy atom. The van der Waals surface area contributed by atoms with E-state index < -0.39 is 11.6 Å². The molecule has 1 atom stereocenters. The van der Waals surface area contributed by atoms with Gasteiger partial charge in [-0.05, 0) is 38.0 Å². The van der Waals surface area contributed by atoms with Crippen molar-refractivity contribution in [2.45, 2.75) is 31.7 Å². The standard InChI is InChI=1S/C20H22F2N6/c1-13(16-5-4-15(21)12-17(16)22)26-8-10-27(11-9-26)19-7-6-18-23-24-20(14-2-3-14)28(18)25-19/h4-7,12-14H,2-3,8-11H2,1H3. The maximum atomic E-state index is 14.1. The molecule has 146 valence electrons. The second-order valence-electron chi connectivity index (χ2n) is 7.66. The molecule has 1 saturated heterocycles. The second kappa shape index (κ2) is 6.77. The molecule has 2 aromatic heterocycles. The van der Waals surface area contributed by atoms with Crippen molar-refractivity contribution >= 4 is 11.5 Å². The summed E-state index contributed by atoms with van der Waals surface area (Å²) in [4.78, 5) is 4.46. The molecular formula is C20H22F2N6. The van der Waals surface area contributed by atoms with E-state index in [1.165, 1.54) is 6.07 Å². The molecule has 0 radical (unpaired) electrons. The van der Waals surface area contributed by atoms with Crippen molar-refractivity contribution < 1.29 is 8.78 Å². The molecule has 1 unspecified atom stereocenters. The third-order valence-electron chi connectivity index (χ3n) is 5.81. The number of fused-ring (bicyclic) bond motifs is 1. The highest BCUT2D eigenvalue weighted by molar-refractivity contribution is 5.46. The van der Waals surface area contributed by atoms with Crippen molar-refractivity contribution in [3.8, 4) is 0 Å². The monoisotopic (exact) mass is 384 g/mol. The van der Waals surface area contributed by atoms with Gasteiger partial charge >= 0.3 is 0 Å². The van der Waals surface area contributed by atoms with Crippen molar-refractivity contribution in [1.82, 2.24) is 24.7 Å². The van der Waals surface area contributed by atoms with Crippen molar-refractivity contribution in [3.05, 3.63) is 53.4 Å². The van der Waals surface area contributed by atoms with Gasteiger partial charge in [0.25, 0.3) is 0 Å². The molecule has 0 spiro atoms. The summed E-state index contributed by atoms with van der Waals surface area (Å²) >= 11 is 0. The van der Waals surface area contributed by atoms with Crippen LogP contribution in [-0.2, 0) is 0 Å². The first kappa shape index (κ1) is 17.5. The summed E-state index contributed by atoms with van der Waals surface area (Å²) in [5, 5.41) is 13.3. The van der Waals surface area contributed by atoms with Gasteiger partial charge in [-0.25, -0.2) is 8.78 Å². The van der Waals surface area contributed by atoms with E-state index in [1.807, 2.05) is 23.6 Å². The predicted molar refractivity (Wildman–Crippen MR) is 101 cm³/mol. The van der Waals surface area contributed by atoms with Crippen LogP contribution in [0.15, 0.2) is 30.3 Å². The molecule has 28 heavy (non-hydrogen) atoms. The number of nitrogens with zero attached hydrogens (tertiary/aromatic N) is 6. The van der Waals surface area contributed by atoms with Gasteiger partial charge in [0.15, 0.2) is 11.5 Å². The van der Waals surface area contributed by atoms with Crippen LogP contribution in [0.3, 0.4) is 0 Å². The van der Waals surface area contributed by atoms with E-state index in [-0.39, 0.29) is 6.04 Å². The summed E-state index contributed by atoms with van der Waals surface area (Å²) in [5.41, 5.74) is 1.32. The number of hydrogen-bond acceptors (Lipinski definition) is 5. The predicted octanol–water partition coefficient (Wildman–Crippen LogP) is 3.16. The number of anilines is 1. The SMILES string of the molecule is CC(c1ccc(F)cc1F)N1CCN(c2ccc3nnc(C4CC4)n3n2)CC1. The molecule has 1 aliphatic carbocycles. The van der Waals surface area contributed by atoms with Gasteiger partial charge in [0.2, 0.25) is 0 Å². The third kappa shape index (κ3) is 3.11. The summed E-state index contributed by atoms with van der Waals surface area (Å²) in [6.45, 7) is 5.14. The van der Waals surface area contributed by atoms with Gasteiger partial charge < -0.3 is 4.90 Å². The lowest BCUT2D eigenvalue weighted by atomic mass is 10.1. The highest BCUT2D eigenvalue weighted by atomic mass is 19.1. The lowest BCUT2D eigenvalue weighted by Gasteiger charge is -2.38. The van der Waals surface area contributed by atoms with Crippen molar-refractivity contribution in [2.24, 2.45) is 0 Å². The minimum atomic E-state index is -0.542. The third-order valence-corrected chi connectivity index (χ3v) is 5.81. The molecule has 5 rings (SSSR count). The first-order chi connectivity index (χ1) is 13.6. The Bertz CT molecular complexity index is 1010. The number of halogens is 2. The van der Waals surface area contributed by atoms with Gasteiger partial charge in [-0.15, -0.1) is 15.3 Å². The van der Waals surface area contributed by atoms with Crippen molar-refractivity contribution in [3.63, 3.8) is 0 Å². The Morgan fingerprint density at radius 2 is 1.79 bits per heavy atom. The Kier molecular flexibility index (Phi) is 4.23. The first-order valence-corrected chi connectivity index (χ1v) is 9.76. The fourth-order valence-corrected chi connectivity index (χ4v) is 3.94. The van der Waals surface area contributed by atoms with E-state index >= 15 is 0 Å². The number of rotatable bonds is 4. The van der Waals surface area contributed by atoms with Gasteiger partial charge in [-0.1, -0.05) is 6.07 Å². The van der Waals surface area contributed by atoms with Crippen LogP contribution in [0.4, 0.5) is 14.6 Å². The minimum Gasteiger partial charge on any atom is -0.353 e. The number of benzene rings is 1. The lowest BCUT2D eigenvalue weighted by Crippen LogP contribution is -2.47. The molecule has 0 amide bonds. The van der Waals surface area contributed by atoms with E-state index in [0.717, 1.165) is 62.4 Å². The largest absolute Gasteiger partial charge is 0.353 e. The van der Waals surface area contributed by atoms with Crippen LogP contribution >= 0.6 is 0 Å². The van der Waals surface area contributed by atoms with Crippen LogP contribution in [0.5, 0.6) is 0 Å². The van der Waals surface area contributed by atoms with E-state index in [9.17, 15) is 8.78 Å². The molecule has 0 bridgehead atoms. The Morgan fingerprint density at radius 3 is 2.50 bits per heavy atom. The molecule has 3 heterocycles. The number of aromatic nitrogens is 4. The summed E-state index contributed by atoms with van der Waals surface area (Å²) in [6.07, 6.45) is 2.31. The van der Waals surface area contributed by atoms with Crippen LogP contribution < -0.4 is 4.90 Å². The second-order valence-corrected chi connectivity index (χ2v) is 7.66. The van der Waals surface area contributed by atoms with Gasteiger partial charge in [0.05, 0.1) is 0 Å². The van der Waals surface area contributed by atoms with Gasteiger partial charge in [0, 0.05) is 49.8 Å². The molecule has 0 N–H and O–H groups in total. The fourth-order valence-electron chi connectivity index (χ4n) is 3.94. The van der Waals surface area contributed by atoms with Crippen LogP contribution in [0.25, 0.3) is 5.65 Å². The Hall–Kier alpha value is -2.61. The minimum absolute atomic E-state index is 0.0995. The maximum absolute atomic E-state index is 14.1. The van der Waals surface area contributed by atoms with E-state index in [1.54, 1.807) is 6.07 Å². The van der Waals surface area contributed by atoms with Crippen LogP contribution in [0, 0.1) is 11.6 Å².